The number of aryl methyl sites for hydroxylation is 1. The monoisotopic (exact) mass is 402 g/mol. The lowest BCUT2D eigenvalue weighted by molar-refractivity contribution is -0.119. The number of carbonyl (C=O) groups is 2. The number of ether oxygens (including phenoxy) is 1. The molecule has 0 bridgehead atoms. The quantitative estimate of drug-likeness (QED) is 0.522. The van der Waals surface area contributed by atoms with Crippen LogP contribution in [-0.2, 0) is 19.6 Å². The highest BCUT2D eigenvalue weighted by Crippen LogP contribution is 2.18. The molecular formula is C20H22N2O5S. The van der Waals surface area contributed by atoms with E-state index in [0.29, 0.717) is 5.69 Å². The zero-order valence-electron chi connectivity index (χ0n) is 15.7. The van der Waals surface area contributed by atoms with Crippen LogP contribution in [0.25, 0.3) is 0 Å². The molecule has 0 saturated carbocycles. The summed E-state index contributed by atoms with van der Waals surface area (Å²) in [7, 11) is -3.67. The van der Waals surface area contributed by atoms with Crippen molar-refractivity contribution in [3.63, 3.8) is 0 Å². The Bertz CT molecular complexity index is 982. The van der Waals surface area contributed by atoms with E-state index < -0.39 is 28.5 Å². The van der Waals surface area contributed by atoms with Crippen molar-refractivity contribution in [3.8, 4) is 0 Å². The second-order valence-corrected chi connectivity index (χ2v) is 7.80. The number of rotatable bonds is 8. The van der Waals surface area contributed by atoms with Crippen molar-refractivity contribution in [1.82, 2.24) is 4.72 Å². The molecule has 0 saturated heterocycles. The van der Waals surface area contributed by atoms with E-state index in [1.165, 1.54) is 30.3 Å². The molecule has 0 aliphatic heterocycles. The number of carbonyl (C=O) groups excluding carboxylic acids is 2. The van der Waals surface area contributed by atoms with Crippen LogP contribution < -0.4 is 10.0 Å². The molecule has 2 rings (SSSR count). The Balaban J connectivity index is 1.95. The third kappa shape index (κ3) is 5.51. The first kappa shape index (κ1) is 21.3. The minimum absolute atomic E-state index is 0.0126. The third-order valence-corrected chi connectivity index (χ3v) is 5.47. The zero-order valence-corrected chi connectivity index (χ0v) is 16.5. The second kappa shape index (κ2) is 9.29. The Morgan fingerprint density at radius 2 is 1.79 bits per heavy atom. The number of anilines is 1. The molecule has 8 heteroatoms. The van der Waals surface area contributed by atoms with Crippen molar-refractivity contribution in [2.45, 2.75) is 18.7 Å². The largest absolute Gasteiger partial charge is 0.452 e. The van der Waals surface area contributed by atoms with Crippen molar-refractivity contribution in [2.24, 2.45) is 0 Å². The van der Waals surface area contributed by atoms with Gasteiger partial charge in [0, 0.05) is 12.2 Å². The van der Waals surface area contributed by atoms with E-state index in [1.54, 1.807) is 6.07 Å². The summed E-state index contributed by atoms with van der Waals surface area (Å²) in [5.41, 5.74) is 2.77. The average Bonchev–Trinajstić information content (AvgIpc) is 2.68. The molecule has 0 aromatic heterocycles. The molecule has 0 aliphatic rings. The SMILES string of the molecule is C=CCNS(=O)(=O)c1ccc(C(=O)OCC(=O)Nc2cccc(C)c2C)cc1. The Hall–Kier alpha value is -2.97. The second-order valence-electron chi connectivity index (χ2n) is 6.04. The van der Waals surface area contributed by atoms with Gasteiger partial charge in [0.25, 0.3) is 5.91 Å². The molecule has 2 N–H and O–H groups in total. The van der Waals surface area contributed by atoms with Gasteiger partial charge in [0.2, 0.25) is 10.0 Å². The highest BCUT2D eigenvalue weighted by Gasteiger charge is 2.15. The average molecular weight is 402 g/mol. The molecule has 148 valence electrons. The number of nitrogens with one attached hydrogen (secondary N) is 2. The van der Waals surface area contributed by atoms with Crippen LogP contribution in [0.1, 0.15) is 21.5 Å². The standard InChI is InChI=1S/C20H22N2O5S/c1-4-12-21-28(25,26)17-10-8-16(9-11-17)20(24)27-13-19(23)22-18-7-5-6-14(2)15(18)3/h4-11,21H,1,12-13H2,2-3H3,(H,22,23). The van der Waals surface area contributed by atoms with Gasteiger partial charge in [-0.1, -0.05) is 18.2 Å². The fourth-order valence-electron chi connectivity index (χ4n) is 2.31. The first-order valence-electron chi connectivity index (χ1n) is 8.48. The van der Waals surface area contributed by atoms with Crippen LogP contribution in [0.5, 0.6) is 0 Å². The topological polar surface area (TPSA) is 102 Å². The van der Waals surface area contributed by atoms with E-state index >= 15 is 0 Å². The van der Waals surface area contributed by atoms with Crippen LogP contribution in [0.15, 0.2) is 60.0 Å². The summed E-state index contributed by atoms with van der Waals surface area (Å²) < 4.78 is 31.3. The van der Waals surface area contributed by atoms with Crippen molar-refractivity contribution in [1.29, 1.82) is 0 Å². The molecule has 7 nitrogen and oxygen atoms in total. The minimum atomic E-state index is -3.67. The molecule has 28 heavy (non-hydrogen) atoms. The number of benzene rings is 2. The summed E-state index contributed by atoms with van der Waals surface area (Å²) in [6, 6.07) is 10.8. The predicted molar refractivity (Wildman–Crippen MR) is 107 cm³/mol. The van der Waals surface area contributed by atoms with Crippen molar-refractivity contribution in [3.05, 3.63) is 71.8 Å². The van der Waals surface area contributed by atoms with E-state index in [0.717, 1.165) is 11.1 Å². The van der Waals surface area contributed by atoms with Crippen LogP contribution in [0.2, 0.25) is 0 Å². The molecule has 1 amide bonds. The molecule has 0 spiro atoms. The Labute approximate surface area is 164 Å². The van der Waals surface area contributed by atoms with E-state index in [1.807, 2.05) is 26.0 Å². The van der Waals surface area contributed by atoms with Gasteiger partial charge in [-0.2, -0.15) is 0 Å². The lowest BCUT2D eigenvalue weighted by Gasteiger charge is -2.11. The first-order valence-corrected chi connectivity index (χ1v) is 9.96. The summed E-state index contributed by atoms with van der Waals surface area (Å²) in [4.78, 5) is 24.1. The molecular weight excluding hydrogens is 380 g/mol. The predicted octanol–water partition coefficient (Wildman–Crippen LogP) is 2.56. The van der Waals surface area contributed by atoms with Crippen molar-refractivity contribution in [2.75, 3.05) is 18.5 Å². The highest BCUT2D eigenvalue weighted by atomic mass is 32.2. The maximum atomic E-state index is 12.1. The molecule has 2 aromatic carbocycles. The van der Waals surface area contributed by atoms with Crippen LogP contribution in [0.4, 0.5) is 5.69 Å². The fraction of sp³-hybridized carbons (Fsp3) is 0.200. The van der Waals surface area contributed by atoms with Crippen molar-refractivity contribution < 1.29 is 22.7 Å². The molecule has 2 aromatic rings. The Morgan fingerprint density at radius 1 is 1.11 bits per heavy atom. The number of amides is 1. The normalized spacial score (nSPS) is 10.9. The van der Waals surface area contributed by atoms with E-state index in [9.17, 15) is 18.0 Å². The number of hydrogen-bond acceptors (Lipinski definition) is 5. The van der Waals surface area contributed by atoms with Crippen LogP contribution in [-0.4, -0.2) is 33.4 Å². The van der Waals surface area contributed by atoms with Gasteiger partial charge < -0.3 is 10.1 Å². The van der Waals surface area contributed by atoms with Gasteiger partial charge in [-0.3, -0.25) is 4.79 Å². The van der Waals surface area contributed by atoms with Crippen LogP contribution in [0, 0.1) is 13.8 Å². The summed E-state index contributed by atoms with van der Waals surface area (Å²) in [5, 5.41) is 2.69. The lowest BCUT2D eigenvalue weighted by atomic mass is 10.1. The molecule has 0 heterocycles. The Morgan fingerprint density at radius 3 is 2.43 bits per heavy atom. The molecule has 0 atom stereocenters. The van der Waals surface area contributed by atoms with Gasteiger partial charge in [-0.25, -0.2) is 17.9 Å². The number of esters is 1. The van der Waals surface area contributed by atoms with Gasteiger partial charge in [-0.05, 0) is 55.3 Å². The van der Waals surface area contributed by atoms with Crippen LogP contribution in [0.3, 0.4) is 0 Å². The molecule has 0 radical (unpaired) electrons. The lowest BCUT2D eigenvalue weighted by Crippen LogP contribution is -2.24. The third-order valence-electron chi connectivity index (χ3n) is 4.03. The zero-order chi connectivity index (χ0) is 20.7. The minimum Gasteiger partial charge on any atom is -0.452 e. The highest BCUT2D eigenvalue weighted by molar-refractivity contribution is 7.89. The van der Waals surface area contributed by atoms with Gasteiger partial charge in [0.1, 0.15) is 0 Å². The van der Waals surface area contributed by atoms with Gasteiger partial charge in [0.05, 0.1) is 10.5 Å². The summed E-state index contributed by atoms with van der Waals surface area (Å²) in [5.74, 6) is -1.19. The molecule has 0 aliphatic carbocycles. The number of hydrogen-bond donors (Lipinski definition) is 2. The summed E-state index contributed by atoms with van der Waals surface area (Å²) in [6.45, 7) is 6.91. The van der Waals surface area contributed by atoms with E-state index in [2.05, 4.69) is 16.6 Å². The maximum absolute atomic E-state index is 12.1. The van der Waals surface area contributed by atoms with Gasteiger partial charge >= 0.3 is 5.97 Å². The van der Waals surface area contributed by atoms with Gasteiger partial charge in [-0.15, -0.1) is 6.58 Å². The smallest absolute Gasteiger partial charge is 0.338 e. The molecule has 0 unspecified atom stereocenters. The first-order chi connectivity index (χ1) is 13.2. The van der Waals surface area contributed by atoms with Gasteiger partial charge in [0.15, 0.2) is 6.61 Å². The van der Waals surface area contributed by atoms with Crippen molar-refractivity contribution >= 4 is 27.6 Å². The number of sulfonamides is 1. The summed E-state index contributed by atoms with van der Waals surface area (Å²) >= 11 is 0. The fourth-order valence-corrected chi connectivity index (χ4v) is 3.31. The van der Waals surface area contributed by atoms with Crippen LogP contribution >= 0.6 is 0 Å². The summed E-state index contributed by atoms with van der Waals surface area (Å²) in [6.07, 6.45) is 1.42. The Kier molecular flexibility index (Phi) is 7.08. The maximum Gasteiger partial charge on any atom is 0.338 e. The van der Waals surface area contributed by atoms with E-state index in [4.69, 9.17) is 4.74 Å². The molecule has 0 fully saturated rings. The van der Waals surface area contributed by atoms with E-state index in [-0.39, 0.29) is 17.0 Å².